The Balaban J connectivity index is 1.55. The maximum Gasteiger partial charge on any atom is 0.307 e. The number of carbonyl (C=O) groups excluding carboxylic acids is 2. The van der Waals surface area contributed by atoms with E-state index in [1.807, 2.05) is 6.92 Å². The Labute approximate surface area is 227 Å². The summed E-state index contributed by atoms with van der Waals surface area (Å²) in [6, 6.07) is 4.08. The monoisotopic (exact) mass is 570 g/mol. The first-order valence-electron chi connectivity index (χ1n) is 11.7. The van der Waals surface area contributed by atoms with Crippen LogP contribution in [0.4, 0.5) is 20.2 Å². The Hall–Kier alpha value is -4.99. The topological polar surface area (TPSA) is 177 Å². The standard InChI is InChI=1S/C24H20F2N8O5S/c1-3-32-10-15(11(2)31-32)14-6-16(21(25)26)29-24-18(14)19(20(40-24)22(27)35)30-23(36)17-5-4-13(39-17)9-33-8-12(7-28-33)34(37)38/h4-8,10,21H,3,9H2,1-2H3,(H2,27,35)(H,30,36). The Morgan fingerprint density at radius 2 is 2.02 bits per heavy atom. The van der Waals surface area contributed by atoms with Crippen LogP contribution in [0.2, 0.25) is 0 Å². The molecule has 5 aromatic rings. The van der Waals surface area contributed by atoms with Gasteiger partial charge in [-0.3, -0.25) is 29.1 Å². The molecule has 0 atom stereocenters. The minimum atomic E-state index is -2.89. The number of pyridine rings is 1. The van der Waals surface area contributed by atoms with Gasteiger partial charge in [0.25, 0.3) is 18.2 Å². The number of rotatable bonds is 9. The predicted octanol–water partition coefficient (Wildman–Crippen LogP) is 4.52. The fourth-order valence-corrected chi connectivity index (χ4v) is 5.15. The van der Waals surface area contributed by atoms with Gasteiger partial charge in [0.05, 0.1) is 22.8 Å². The van der Waals surface area contributed by atoms with Crippen LogP contribution in [-0.4, -0.2) is 41.3 Å². The van der Waals surface area contributed by atoms with E-state index in [2.05, 4.69) is 20.5 Å². The van der Waals surface area contributed by atoms with Crippen LogP contribution in [0.1, 0.15) is 50.7 Å². The van der Waals surface area contributed by atoms with Crippen molar-refractivity contribution in [3.63, 3.8) is 0 Å². The van der Waals surface area contributed by atoms with Crippen LogP contribution in [-0.2, 0) is 13.1 Å². The summed E-state index contributed by atoms with van der Waals surface area (Å²) >= 11 is 0.781. The molecule has 0 spiro atoms. The van der Waals surface area contributed by atoms with E-state index >= 15 is 0 Å². The van der Waals surface area contributed by atoms with Gasteiger partial charge in [-0.15, -0.1) is 11.3 Å². The molecule has 0 fully saturated rings. The van der Waals surface area contributed by atoms with E-state index in [0.29, 0.717) is 23.4 Å². The summed E-state index contributed by atoms with van der Waals surface area (Å²) < 4.78 is 36.0. The number of thiophene rings is 1. The van der Waals surface area contributed by atoms with Gasteiger partial charge in [-0.25, -0.2) is 13.8 Å². The minimum absolute atomic E-state index is 0.00474. The SMILES string of the molecule is CCn1cc(-c2cc(C(F)F)nc3sc(C(N)=O)c(NC(=O)c4ccc(Cn5cc([N+](=O)[O-])cn5)o4)c23)c(C)n1. The van der Waals surface area contributed by atoms with Crippen LogP contribution in [0.15, 0.2) is 41.2 Å². The Morgan fingerprint density at radius 3 is 2.65 bits per heavy atom. The molecule has 0 saturated carbocycles. The summed E-state index contributed by atoms with van der Waals surface area (Å²) in [5, 5.41) is 22.0. The van der Waals surface area contributed by atoms with E-state index < -0.39 is 28.9 Å². The summed E-state index contributed by atoms with van der Waals surface area (Å²) in [6.45, 7) is 4.13. The zero-order chi connectivity index (χ0) is 28.7. The average molecular weight is 571 g/mol. The number of aryl methyl sites for hydroxylation is 2. The lowest BCUT2D eigenvalue weighted by Gasteiger charge is -2.10. The van der Waals surface area contributed by atoms with Crippen LogP contribution in [0.3, 0.4) is 0 Å². The third-order valence-electron chi connectivity index (χ3n) is 5.96. The number of nitrogens with zero attached hydrogens (tertiary/aromatic N) is 6. The first-order valence-corrected chi connectivity index (χ1v) is 12.5. The minimum Gasteiger partial charge on any atom is -0.454 e. The van der Waals surface area contributed by atoms with Gasteiger partial charge in [0.2, 0.25) is 0 Å². The number of halogens is 2. The molecule has 13 nitrogen and oxygen atoms in total. The van der Waals surface area contributed by atoms with E-state index in [-0.39, 0.29) is 44.5 Å². The second-order valence-corrected chi connectivity index (χ2v) is 9.60. The number of anilines is 1. The molecule has 5 heterocycles. The van der Waals surface area contributed by atoms with E-state index in [9.17, 15) is 28.5 Å². The maximum absolute atomic E-state index is 13.8. The lowest BCUT2D eigenvalue weighted by Crippen LogP contribution is -2.16. The molecule has 0 aliphatic heterocycles. The molecule has 0 radical (unpaired) electrons. The fourth-order valence-electron chi connectivity index (χ4n) is 4.13. The van der Waals surface area contributed by atoms with Gasteiger partial charge in [-0.1, -0.05) is 0 Å². The third kappa shape index (κ3) is 4.91. The highest BCUT2D eigenvalue weighted by Crippen LogP contribution is 2.43. The van der Waals surface area contributed by atoms with E-state index in [1.54, 1.807) is 17.8 Å². The largest absolute Gasteiger partial charge is 0.454 e. The van der Waals surface area contributed by atoms with Gasteiger partial charge in [0.15, 0.2) is 5.76 Å². The lowest BCUT2D eigenvalue weighted by molar-refractivity contribution is -0.385. The summed E-state index contributed by atoms with van der Waals surface area (Å²) in [5.74, 6) is -1.49. The molecular formula is C24H20F2N8O5S. The molecule has 5 rings (SSSR count). The van der Waals surface area contributed by atoms with Crippen LogP contribution in [0.25, 0.3) is 21.3 Å². The normalized spacial score (nSPS) is 11.4. The van der Waals surface area contributed by atoms with Crippen LogP contribution in [0, 0.1) is 17.0 Å². The highest BCUT2D eigenvalue weighted by molar-refractivity contribution is 7.21. The average Bonchev–Trinajstić information content (AvgIpc) is 3.70. The van der Waals surface area contributed by atoms with Crippen molar-refractivity contribution in [1.82, 2.24) is 24.5 Å². The zero-order valence-electron chi connectivity index (χ0n) is 20.9. The molecule has 206 valence electrons. The lowest BCUT2D eigenvalue weighted by atomic mass is 10.0. The number of hydrogen-bond acceptors (Lipinski definition) is 9. The maximum atomic E-state index is 13.8. The number of hydrogen-bond donors (Lipinski definition) is 2. The first kappa shape index (κ1) is 26.6. The van der Waals surface area contributed by atoms with Gasteiger partial charge in [-0.05, 0) is 37.6 Å². The molecule has 2 amide bonds. The molecule has 40 heavy (non-hydrogen) atoms. The van der Waals surface area contributed by atoms with Gasteiger partial charge in [0.1, 0.15) is 33.6 Å². The molecule has 0 aromatic carbocycles. The molecule has 0 saturated heterocycles. The fraction of sp³-hybridized carbons (Fsp3) is 0.208. The Morgan fingerprint density at radius 1 is 1.25 bits per heavy atom. The van der Waals surface area contributed by atoms with Gasteiger partial charge < -0.3 is 15.5 Å². The number of fused-ring (bicyclic) bond motifs is 1. The van der Waals surface area contributed by atoms with E-state index in [1.165, 1.54) is 29.1 Å². The predicted molar refractivity (Wildman–Crippen MR) is 139 cm³/mol. The summed E-state index contributed by atoms with van der Waals surface area (Å²) in [5.41, 5.74) is 6.27. The van der Waals surface area contributed by atoms with Gasteiger partial charge in [-0.2, -0.15) is 10.2 Å². The molecular weight excluding hydrogens is 550 g/mol. The number of alkyl halides is 2. The molecule has 16 heteroatoms. The van der Waals surface area contributed by atoms with Gasteiger partial charge >= 0.3 is 5.69 Å². The van der Waals surface area contributed by atoms with Crippen molar-refractivity contribution in [3.8, 4) is 11.1 Å². The second kappa shape index (κ2) is 10.3. The molecule has 0 unspecified atom stereocenters. The van der Waals surface area contributed by atoms with Crippen molar-refractivity contribution in [2.45, 2.75) is 33.4 Å². The van der Waals surface area contributed by atoms with Gasteiger partial charge in [0, 0.05) is 23.7 Å². The third-order valence-corrected chi connectivity index (χ3v) is 7.06. The number of furan rings is 1. The summed E-state index contributed by atoms with van der Waals surface area (Å²) in [6.07, 6.45) is 1.09. The zero-order valence-corrected chi connectivity index (χ0v) is 21.7. The number of carbonyl (C=O) groups is 2. The highest BCUT2D eigenvalue weighted by Gasteiger charge is 2.27. The van der Waals surface area contributed by atoms with E-state index in [0.717, 1.165) is 17.5 Å². The molecule has 0 bridgehead atoms. The first-order chi connectivity index (χ1) is 19.0. The smallest absolute Gasteiger partial charge is 0.307 e. The van der Waals surface area contributed by atoms with Crippen molar-refractivity contribution < 1.29 is 27.7 Å². The van der Waals surface area contributed by atoms with Crippen molar-refractivity contribution in [2.75, 3.05) is 5.32 Å². The summed E-state index contributed by atoms with van der Waals surface area (Å²) in [7, 11) is 0. The number of aromatic nitrogens is 5. The molecule has 5 aromatic heterocycles. The quantitative estimate of drug-likeness (QED) is 0.192. The number of nitrogens with two attached hydrogens (primary N) is 1. The van der Waals surface area contributed by atoms with Crippen molar-refractivity contribution >= 4 is 44.7 Å². The van der Waals surface area contributed by atoms with E-state index in [4.69, 9.17) is 10.2 Å². The highest BCUT2D eigenvalue weighted by atomic mass is 32.1. The van der Waals surface area contributed by atoms with Crippen molar-refractivity contribution in [1.29, 1.82) is 0 Å². The second-order valence-electron chi connectivity index (χ2n) is 8.60. The Bertz CT molecular complexity index is 1790. The molecule has 0 aliphatic carbocycles. The number of nitro groups is 1. The van der Waals surface area contributed by atoms with Crippen molar-refractivity contribution in [3.05, 3.63) is 74.7 Å². The number of nitrogens with one attached hydrogen (secondary N) is 1. The van der Waals surface area contributed by atoms with Crippen LogP contribution >= 0.6 is 11.3 Å². The summed E-state index contributed by atoms with van der Waals surface area (Å²) in [4.78, 5) is 39.9. The number of primary amides is 1. The number of amides is 2. The van der Waals surface area contributed by atoms with Crippen molar-refractivity contribution in [2.24, 2.45) is 5.73 Å². The molecule has 0 aliphatic rings. The van der Waals surface area contributed by atoms with Crippen LogP contribution < -0.4 is 11.1 Å². The Kier molecular flexibility index (Phi) is 6.85. The molecule has 3 N–H and O–H groups in total. The van der Waals surface area contributed by atoms with Crippen LogP contribution in [0.5, 0.6) is 0 Å².